The molecule has 1 aliphatic rings. The van der Waals surface area contributed by atoms with Crippen molar-refractivity contribution in [1.29, 1.82) is 0 Å². The van der Waals surface area contributed by atoms with Gasteiger partial charge in [0.25, 0.3) is 5.91 Å². The van der Waals surface area contributed by atoms with Gasteiger partial charge in [-0.2, -0.15) is 0 Å². The Morgan fingerprint density at radius 3 is 2.92 bits per heavy atom. The SMILES string of the molecule is COCCCNc1ccc(NC(=O)c2ccc3c(c2)OCO3)cn1. The second-order valence-corrected chi connectivity index (χ2v) is 5.23. The fraction of sp³-hybridized carbons (Fsp3) is 0.294. The Morgan fingerprint density at radius 2 is 2.12 bits per heavy atom. The summed E-state index contributed by atoms with van der Waals surface area (Å²) in [6, 6.07) is 8.71. The molecule has 0 unspecified atom stereocenters. The van der Waals surface area contributed by atoms with Crippen LogP contribution in [0, 0.1) is 0 Å². The quantitative estimate of drug-likeness (QED) is 0.760. The molecule has 1 aliphatic heterocycles. The van der Waals surface area contributed by atoms with Crippen molar-refractivity contribution in [3.05, 3.63) is 42.1 Å². The molecular weight excluding hydrogens is 310 g/mol. The molecule has 2 heterocycles. The highest BCUT2D eigenvalue weighted by Crippen LogP contribution is 2.32. The number of anilines is 2. The van der Waals surface area contributed by atoms with Crippen molar-refractivity contribution in [3.8, 4) is 11.5 Å². The van der Waals surface area contributed by atoms with Crippen molar-refractivity contribution < 1.29 is 19.0 Å². The first-order valence-corrected chi connectivity index (χ1v) is 7.66. The first-order valence-electron chi connectivity index (χ1n) is 7.66. The zero-order valence-electron chi connectivity index (χ0n) is 13.4. The molecule has 7 nitrogen and oxygen atoms in total. The van der Waals surface area contributed by atoms with E-state index in [1.54, 1.807) is 37.6 Å². The fourth-order valence-corrected chi connectivity index (χ4v) is 2.25. The Labute approximate surface area is 139 Å². The number of carbonyl (C=O) groups excluding carboxylic acids is 1. The summed E-state index contributed by atoms with van der Waals surface area (Å²) in [5, 5.41) is 5.99. The number of hydrogen-bond donors (Lipinski definition) is 2. The van der Waals surface area contributed by atoms with Gasteiger partial charge in [-0.15, -0.1) is 0 Å². The molecule has 126 valence electrons. The van der Waals surface area contributed by atoms with Crippen molar-refractivity contribution in [2.24, 2.45) is 0 Å². The summed E-state index contributed by atoms with van der Waals surface area (Å²) in [5.74, 6) is 1.76. The third-order valence-electron chi connectivity index (χ3n) is 3.49. The zero-order valence-corrected chi connectivity index (χ0v) is 13.4. The molecule has 0 radical (unpaired) electrons. The molecule has 1 amide bonds. The predicted molar refractivity (Wildman–Crippen MR) is 89.7 cm³/mol. The number of aromatic nitrogens is 1. The van der Waals surface area contributed by atoms with Crippen molar-refractivity contribution in [1.82, 2.24) is 4.98 Å². The van der Waals surface area contributed by atoms with Gasteiger partial charge in [-0.25, -0.2) is 4.98 Å². The topological polar surface area (TPSA) is 81.7 Å². The number of ether oxygens (including phenoxy) is 3. The lowest BCUT2D eigenvalue weighted by molar-refractivity contribution is 0.102. The number of pyridine rings is 1. The number of nitrogens with zero attached hydrogens (tertiary/aromatic N) is 1. The third kappa shape index (κ3) is 3.94. The first kappa shape index (κ1) is 16.1. The second-order valence-electron chi connectivity index (χ2n) is 5.23. The van der Waals surface area contributed by atoms with Gasteiger partial charge in [0.05, 0.1) is 11.9 Å². The van der Waals surface area contributed by atoms with Crippen LogP contribution >= 0.6 is 0 Å². The standard InChI is InChI=1S/C17H19N3O4/c1-22-8-2-7-18-16-6-4-13(10-19-16)20-17(21)12-3-5-14-15(9-12)24-11-23-14/h3-6,9-10H,2,7-8,11H2,1H3,(H,18,19)(H,20,21). The number of nitrogens with one attached hydrogen (secondary N) is 2. The highest BCUT2D eigenvalue weighted by molar-refractivity contribution is 6.04. The minimum Gasteiger partial charge on any atom is -0.454 e. The van der Waals surface area contributed by atoms with Crippen LogP contribution in [0.5, 0.6) is 11.5 Å². The average molecular weight is 329 g/mol. The summed E-state index contributed by atoms with van der Waals surface area (Å²) in [7, 11) is 1.68. The molecule has 1 aromatic heterocycles. The number of fused-ring (bicyclic) bond motifs is 1. The van der Waals surface area contributed by atoms with E-state index < -0.39 is 0 Å². The highest BCUT2D eigenvalue weighted by Gasteiger charge is 2.16. The lowest BCUT2D eigenvalue weighted by Crippen LogP contribution is -2.12. The molecule has 2 aromatic rings. The molecule has 1 aromatic carbocycles. The van der Waals surface area contributed by atoms with E-state index in [-0.39, 0.29) is 12.7 Å². The molecule has 0 saturated heterocycles. The summed E-state index contributed by atoms with van der Waals surface area (Å²) in [6.45, 7) is 1.67. The van der Waals surface area contributed by atoms with Gasteiger partial charge < -0.3 is 24.8 Å². The monoisotopic (exact) mass is 329 g/mol. The van der Waals surface area contributed by atoms with Crippen LogP contribution in [-0.2, 0) is 4.74 Å². The molecule has 0 fully saturated rings. The lowest BCUT2D eigenvalue weighted by Gasteiger charge is -2.08. The largest absolute Gasteiger partial charge is 0.454 e. The van der Waals surface area contributed by atoms with E-state index in [0.29, 0.717) is 29.4 Å². The lowest BCUT2D eigenvalue weighted by atomic mass is 10.2. The van der Waals surface area contributed by atoms with E-state index in [1.807, 2.05) is 6.07 Å². The van der Waals surface area contributed by atoms with Crippen LogP contribution in [0.4, 0.5) is 11.5 Å². The Bertz CT molecular complexity index is 703. The Morgan fingerprint density at radius 1 is 1.25 bits per heavy atom. The van der Waals surface area contributed by atoms with Crippen molar-refractivity contribution in [2.75, 3.05) is 37.7 Å². The number of amides is 1. The molecule has 24 heavy (non-hydrogen) atoms. The van der Waals surface area contributed by atoms with Gasteiger partial charge in [0.1, 0.15) is 5.82 Å². The fourth-order valence-electron chi connectivity index (χ4n) is 2.25. The summed E-state index contributed by atoms with van der Waals surface area (Å²) in [6.07, 6.45) is 2.52. The maximum Gasteiger partial charge on any atom is 0.255 e. The van der Waals surface area contributed by atoms with Gasteiger partial charge in [0, 0.05) is 25.8 Å². The van der Waals surface area contributed by atoms with Crippen LogP contribution in [0.25, 0.3) is 0 Å². The summed E-state index contributed by atoms with van der Waals surface area (Å²) in [5.41, 5.74) is 1.13. The number of hydrogen-bond acceptors (Lipinski definition) is 6. The first-order chi connectivity index (χ1) is 11.8. The van der Waals surface area contributed by atoms with Crippen molar-refractivity contribution >= 4 is 17.4 Å². The van der Waals surface area contributed by atoms with Gasteiger partial charge >= 0.3 is 0 Å². The zero-order chi connectivity index (χ0) is 16.8. The predicted octanol–water partition coefficient (Wildman–Crippen LogP) is 2.51. The van der Waals surface area contributed by atoms with Gasteiger partial charge in [-0.05, 0) is 36.8 Å². The molecule has 3 rings (SSSR count). The van der Waals surface area contributed by atoms with Gasteiger partial charge in [-0.3, -0.25) is 4.79 Å². The second kappa shape index (κ2) is 7.65. The van der Waals surface area contributed by atoms with Crippen LogP contribution in [-0.4, -0.2) is 37.9 Å². The number of benzene rings is 1. The normalized spacial score (nSPS) is 12.0. The smallest absolute Gasteiger partial charge is 0.255 e. The van der Waals surface area contributed by atoms with Gasteiger partial charge in [0.15, 0.2) is 11.5 Å². The van der Waals surface area contributed by atoms with Crippen LogP contribution in [0.15, 0.2) is 36.5 Å². The molecule has 7 heteroatoms. The van der Waals surface area contributed by atoms with E-state index in [9.17, 15) is 4.79 Å². The molecule has 0 spiro atoms. The molecule has 0 bridgehead atoms. The Balaban J connectivity index is 1.56. The van der Waals surface area contributed by atoms with E-state index in [2.05, 4.69) is 15.6 Å². The highest BCUT2D eigenvalue weighted by atomic mass is 16.7. The van der Waals surface area contributed by atoms with Crippen molar-refractivity contribution in [3.63, 3.8) is 0 Å². The Kier molecular flexibility index (Phi) is 5.12. The number of methoxy groups -OCH3 is 1. The van der Waals surface area contributed by atoms with E-state index in [4.69, 9.17) is 14.2 Å². The maximum absolute atomic E-state index is 12.3. The molecule has 0 saturated carbocycles. The van der Waals surface area contributed by atoms with Gasteiger partial charge in [-0.1, -0.05) is 0 Å². The summed E-state index contributed by atoms with van der Waals surface area (Å²) < 4.78 is 15.5. The van der Waals surface area contributed by atoms with E-state index in [0.717, 1.165) is 18.8 Å². The van der Waals surface area contributed by atoms with Crippen LogP contribution in [0.2, 0.25) is 0 Å². The third-order valence-corrected chi connectivity index (χ3v) is 3.49. The number of rotatable bonds is 7. The maximum atomic E-state index is 12.3. The minimum absolute atomic E-state index is 0.184. The van der Waals surface area contributed by atoms with Gasteiger partial charge in [0.2, 0.25) is 6.79 Å². The van der Waals surface area contributed by atoms with Crippen LogP contribution < -0.4 is 20.1 Å². The molecule has 2 N–H and O–H groups in total. The van der Waals surface area contributed by atoms with Crippen molar-refractivity contribution in [2.45, 2.75) is 6.42 Å². The molecular formula is C17H19N3O4. The average Bonchev–Trinajstić information content (AvgIpc) is 3.08. The van der Waals surface area contributed by atoms with Crippen LogP contribution in [0.3, 0.4) is 0 Å². The van der Waals surface area contributed by atoms with E-state index >= 15 is 0 Å². The number of carbonyl (C=O) groups is 1. The molecule has 0 atom stereocenters. The summed E-state index contributed by atoms with van der Waals surface area (Å²) in [4.78, 5) is 16.5. The van der Waals surface area contributed by atoms with E-state index in [1.165, 1.54) is 0 Å². The summed E-state index contributed by atoms with van der Waals surface area (Å²) >= 11 is 0. The molecule has 0 aliphatic carbocycles. The minimum atomic E-state index is -0.226. The Hall–Kier alpha value is -2.80. The van der Waals surface area contributed by atoms with Crippen LogP contribution in [0.1, 0.15) is 16.8 Å².